The van der Waals surface area contributed by atoms with Crippen LogP contribution in [0.25, 0.3) is 0 Å². The Morgan fingerprint density at radius 1 is 1.39 bits per heavy atom. The summed E-state index contributed by atoms with van der Waals surface area (Å²) in [5.41, 5.74) is 7.05. The molecule has 0 atom stereocenters. The maximum Gasteiger partial charge on any atom is 0.222 e. The molecule has 1 amide bonds. The van der Waals surface area contributed by atoms with Crippen LogP contribution in [0, 0.1) is 0 Å². The Labute approximate surface area is 114 Å². The highest BCUT2D eigenvalue weighted by Crippen LogP contribution is 2.04. The normalized spacial score (nSPS) is 12.8. The number of nitrogens with zero attached hydrogens (tertiary/aromatic N) is 1. The maximum absolute atomic E-state index is 11.1. The van der Waals surface area contributed by atoms with Crippen molar-refractivity contribution in [2.45, 2.75) is 40.0 Å². The van der Waals surface area contributed by atoms with Gasteiger partial charge in [0, 0.05) is 19.7 Å². The van der Waals surface area contributed by atoms with Gasteiger partial charge in [0.25, 0.3) is 0 Å². The Balaban J connectivity index is 5.11. The standard InChI is InChI=1S/C12H22N4OS/c1-5-6-7-8(2)15-11(16-9(3)17)10(13)12(18)14-4/h5-7,13H2,1-4H3,(H,14,18)(H,16,17)/b11-10+,15-8+. The van der Waals surface area contributed by atoms with Crippen molar-refractivity contribution < 1.29 is 4.79 Å². The van der Waals surface area contributed by atoms with Crippen LogP contribution in [0.5, 0.6) is 0 Å². The van der Waals surface area contributed by atoms with E-state index in [0.29, 0.717) is 10.8 Å². The second-order valence-corrected chi connectivity index (χ2v) is 4.38. The van der Waals surface area contributed by atoms with Crippen LogP contribution >= 0.6 is 12.2 Å². The number of likely N-dealkylation sites (N-methyl/N-ethyl adjacent to an activating group) is 1. The van der Waals surface area contributed by atoms with Gasteiger partial charge in [0.2, 0.25) is 5.91 Å². The molecule has 18 heavy (non-hydrogen) atoms. The van der Waals surface area contributed by atoms with Gasteiger partial charge in [0.1, 0.15) is 10.7 Å². The van der Waals surface area contributed by atoms with E-state index in [2.05, 4.69) is 22.5 Å². The first-order valence-corrected chi connectivity index (χ1v) is 6.36. The lowest BCUT2D eigenvalue weighted by atomic mass is 10.2. The molecule has 5 nitrogen and oxygen atoms in total. The van der Waals surface area contributed by atoms with Crippen molar-refractivity contribution in [1.29, 1.82) is 0 Å². The lowest BCUT2D eigenvalue weighted by Gasteiger charge is -2.10. The van der Waals surface area contributed by atoms with E-state index in [0.717, 1.165) is 25.0 Å². The number of amides is 1. The molecule has 0 aromatic carbocycles. The van der Waals surface area contributed by atoms with Crippen LogP contribution in [0.3, 0.4) is 0 Å². The highest BCUT2D eigenvalue weighted by atomic mass is 32.1. The van der Waals surface area contributed by atoms with Crippen molar-refractivity contribution in [2.75, 3.05) is 7.05 Å². The Morgan fingerprint density at radius 2 is 2.00 bits per heavy atom. The van der Waals surface area contributed by atoms with E-state index in [1.807, 2.05) is 6.92 Å². The van der Waals surface area contributed by atoms with Gasteiger partial charge >= 0.3 is 0 Å². The summed E-state index contributed by atoms with van der Waals surface area (Å²) >= 11 is 5.03. The number of hydrogen-bond donors (Lipinski definition) is 3. The predicted molar refractivity (Wildman–Crippen MR) is 79.3 cm³/mol. The molecule has 0 aromatic heterocycles. The fraction of sp³-hybridized carbons (Fsp3) is 0.583. The largest absolute Gasteiger partial charge is 0.393 e. The molecule has 0 fully saturated rings. The molecule has 0 aliphatic rings. The van der Waals surface area contributed by atoms with Gasteiger partial charge in [-0.05, 0) is 19.8 Å². The fourth-order valence-corrected chi connectivity index (χ4v) is 1.34. The molecule has 0 aliphatic heterocycles. The number of carbonyl (C=O) groups is 1. The fourth-order valence-electron chi connectivity index (χ4n) is 1.24. The third-order valence-electron chi connectivity index (χ3n) is 2.22. The van der Waals surface area contributed by atoms with Crippen LogP contribution in [-0.4, -0.2) is 23.7 Å². The van der Waals surface area contributed by atoms with Gasteiger partial charge in [-0.3, -0.25) is 4.79 Å². The summed E-state index contributed by atoms with van der Waals surface area (Å²) in [6.45, 7) is 5.43. The molecular weight excluding hydrogens is 248 g/mol. The van der Waals surface area contributed by atoms with Crippen LogP contribution in [0.15, 0.2) is 16.5 Å². The van der Waals surface area contributed by atoms with Gasteiger partial charge in [-0.1, -0.05) is 25.6 Å². The first-order chi connectivity index (χ1) is 8.42. The monoisotopic (exact) mass is 270 g/mol. The van der Waals surface area contributed by atoms with Crippen molar-refractivity contribution in [2.24, 2.45) is 10.7 Å². The summed E-state index contributed by atoms with van der Waals surface area (Å²) in [5, 5.41) is 5.37. The molecular formula is C12H22N4OS. The zero-order valence-corrected chi connectivity index (χ0v) is 12.3. The number of unbranched alkanes of at least 4 members (excludes halogenated alkanes) is 1. The number of nitrogens with one attached hydrogen (secondary N) is 2. The molecule has 0 aliphatic carbocycles. The van der Waals surface area contributed by atoms with Crippen molar-refractivity contribution >= 4 is 28.8 Å². The van der Waals surface area contributed by atoms with E-state index in [-0.39, 0.29) is 11.6 Å². The molecule has 0 rings (SSSR count). The number of hydrogen-bond acceptors (Lipinski definition) is 4. The van der Waals surface area contributed by atoms with E-state index in [9.17, 15) is 4.79 Å². The number of carbonyl (C=O) groups excluding carboxylic acids is 1. The van der Waals surface area contributed by atoms with E-state index >= 15 is 0 Å². The van der Waals surface area contributed by atoms with Gasteiger partial charge < -0.3 is 16.4 Å². The Bertz CT molecular complexity index is 374. The number of aliphatic imine (C=N–C) groups is 1. The van der Waals surface area contributed by atoms with Crippen LogP contribution in [0.1, 0.15) is 40.0 Å². The highest BCUT2D eigenvalue weighted by Gasteiger charge is 2.08. The minimum absolute atomic E-state index is 0.223. The quantitative estimate of drug-likeness (QED) is 0.388. The highest BCUT2D eigenvalue weighted by molar-refractivity contribution is 7.80. The topological polar surface area (TPSA) is 79.5 Å². The second-order valence-electron chi connectivity index (χ2n) is 3.97. The maximum atomic E-state index is 11.1. The molecule has 0 saturated carbocycles. The molecule has 0 bridgehead atoms. The minimum atomic E-state index is -0.223. The lowest BCUT2D eigenvalue weighted by molar-refractivity contribution is -0.118. The molecule has 0 saturated heterocycles. The summed E-state index contributed by atoms with van der Waals surface area (Å²) in [5.74, 6) is 0.0920. The molecule has 0 radical (unpaired) electrons. The van der Waals surface area contributed by atoms with Gasteiger partial charge in [0.05, 0.1) is 0 Å². The van der Waals surface area contributed by atoms with Gasteiger partial charge in [-0.2, -0.15) is 0 Å². The Hall–Kier alpha value is -1.43. The summed E-state index contributed by atoms with van der Waals surface area (Å²) in [7, 11) is 1.67. The number of rotatable bonds is 6. The average molecular weight is 270 g/mol. The van der Waals surface area contributed by atoms with Crippen LogP contribution in [-0.2, 0) is 4.79 Å². The summed E-state index contributed by atoms with van der Waals surface area (Å²) in [6.07, 6.45) is 3.02. The first kappa shape index (κ1) is 16.6. The summed E-state index contributed by atoms with van der Waals surface area (Å²) in [6, 6.07) is 0. The Morgan fingerprint density at radius 3 is 2.44 bits per heavy atom. The van der Waals surface area contributed by atoms with E-state index in [1.54, 1.807) is 7.05 Å². The van der Waals surface area contributed by atoms with Crippen LogP contribution < -0.4 is 16.4 Å². The predicted octanol–water partition coefficient (Wildman–Crippen LogP) is 1.45. The first-order valence-electron chi connectivity index (χ1n) is 5.95. The number of nitrogens with two attached hydrogens (primary N) is 1. The van der Waals surface area contributed by atoms with Crippen LogP contribution in [0.2, 0.25) is 0 Å². The van der Waals surface area contributed by atoms with Crippen molar-refractivity contribution in [1.82, 2.24) is 10.6 Å². The zero-order chi connectivity index (χ0) is 14.1. The summed E-state index contributed by atoms with van der Waals surface area (Å²) < 4.78 is 0. The minimum Gasteiger partial charge on any atom is -0.393 e. The van der Waals surface area contributed by atoms with Gasteiger partial charge in [-0.15, -0.1) is 0 Å². The van der Waals surface area contributed by atoms with Gasteiger partial charge in [0.15, 0.2) is 5.82 Å². The lowest BCUT2D eigenvalue weighted by Crippen LogP contribution is -2.30. The number of thiocarbonyl (C=S) groups is 1. The third-order valence-corrected chi connectivity index (χ3v) is 2.64. The molecule has 0 aromatic rings. The van der Waals surface area contributed by atoms with E-state index < -0.39 is 0 Å². The van der Waals surface area contributed by atoms with E-state index in [4.69, 9.17) is 18.0 Å². The van der Waals surface area contributed by atoms with Crippen LogP contribution in [0.4, 0.5) is 0 Å². The van der Waals surface area contributed by atoms with Gasteiger partial charge in [-0.25, -0.2) is 4.99 Å². The van der Waals surface area contributed by atoms with Crippen molar-refractivity contribution in [3.05, 3.63) is 11.5 Å². The van der Waals surface area contributed by atoms with Crippen molar-refractivity contribution in [3.63, 3.8) is 0 Å². The summed E-state index contributed by atoms with van der Waals surface area (Å²) in [4.78, 5) is 15.8. The van der Waals surface area contributed by atoms with Crippen molar-refractivity contribution in [3.8, 4) is 0 Å². The molecule has 6 heteroatoms. The molecule has 0 spiro atoms. The van der Waals surface area contributed by atoms with E-state index in [1.165, 1.54) is 6.92 Å². The second kappa shape index (κ2) is 8.63. The molecule has 4 N–H and O–H groups in total. The molecule has 0 unspecified atom stereocenters. The smallest absolute Gasteiger partial charge is 0.222 e. The SMILES string of the molecule is CCCC/C(C)=N/C(NC(C)=O)=C(\N)C(=S)NC. The Kier molecular flexibility index (Phi) is 7.94. The third kappa shape index (κ3) is 6.34. The zero-order valence-electron chi connectivity index (χ0n) is 11.5. The molecule has 0 heterocycles. The average Bonchev–Trinajstić information content (AvgIpc) is 2.33. The molecule has 102 valence electrons.